The summed E-state index contributed by atoms with van der Waals surface area (Å²) in [6.07, 6.45) is 1.48. The van der Waals surface area contributed by atoms with Crippen molar-refractivity contribution >= 4 is 26.8 Å². The van der Waals surface area contributed by atoms with Crippen LogP contribution in [-0.4, -0.2) is 54.8 Å². The lowest BCUT2D eigenvalue weighted by molar-refractivity contribution is -0.131. The van der Waals surface area contributed by atoms with Gasteiger partial charge in [-0.25, -0.2) is 13.1 Å². The summed E-state index contributed by atoms with van der Waals surface area (Å²) >= 11 is 0. The van der Waals surface area contributed by atoms with Gasteiger partial charge in [0.05, 0.1) is 22.9 Å². The van der Waals surface area contributed by atoms with E-state index < -0.39 is 15.3 Å². The van der Waals surface area contributed by atoms with Crippen LogP contribution in [0, 0.1) is 0 Å². The van der Waals surface area contributed by atoms with Crippen LogP contribution < -0.4 is 4.72 Å². The number of likely N-dealkylation sites (tertiary alicyclic amines) is 1. The molecule has 3 rings (SSSR count). The quantitative estimate of drug-likeness (QED) is 0.857. The van der Waals surface area contributed by atoms with E-state index >= 15 is 0 Å². The Kier molecular flexibility index (Phi) is 4.36. The van der Waals surface area contributed by atoms with E-state index in [1.165, 1.54) is 7.05 Å². The zero-order valence-corrected chi connectivity index (χ0v) is 13.8. The van der Waals surface area contributed by atoms with Crippen molar-refractivity contribution in [3.8, 4) is 0 Å². The molecule has 2 N–H and O–H groups in total. The summed E-state index contributed by atoms with van der Waals surface area (Å²) in [4.78, 5) is 14.2. The largest absolute Gasteiger partial charge is 0.341 e. The summed E-state index contributed by atoms with van der Waals surface area (Å²) in [5, 5.41) is 7.48. The minimum absolute atomic E-state index is 0.0737. The molecule has 23 heavy (non-hydrogen) atoms. The Labute approximate surface area is 135 Å². The highest BCUT2D eigenvalue weighted by Gasteiger charge is 2.31. The van der Waals surface area contributed by atoms with Gasteiger partial charge in [0.25, 0.3) is 0 Å². The second kappa shape index (κ2) is 6.29. The summed E-state index contributed by atoms with van der Waals surface area (Å²) in [5.74, 6) is -0.0737. The molecular weight excluding hydrogens is 316 g/mol. The third-order valence-electron chi connectivity index (χ3n) is 4.32. The first kappa shape index (κ1) is 15.9. The zero-order valence-electron chi connectivity index (χ0n) is 12.9. The minimum atomic E-state index is -3.35. The fourth-order valence-electron chi connectivity index (χ4n) is 3.00. The number of nitrogens with zero attached hydrogens (tertiary/aromatic N) is 2. The van der Waals surface area contributed by atoms with E-state index in [1.807, 2.05) is 24.3 Å². The molecule has 2 heterocycles. The van der Waals surface area contributed by atoms with E-state index in [4.69, 9.17) is 0 Å². The first-order valence-electron chi connectivity index (χ1n) is 7.63. The number of hydrogen-bond donors (Lipinski definition) is 2. The number of hydrogen-bond acceptors (Lipinski definition) is 4. The maximum Gasteiger partial charge on any atom is 0.228 e. The summed E-state index contributed by atoms with van der Waals surface area (Å²) in [5.41, 5.74) is 1.59. The van der Waals surface area contributed by atoms with Gasteiger partial charge in [0.2, 0.25) is 15.9 Å². The Morgan fingerprint density at radius 3 is 3.00 bits per heavy atom. The molecule has 1 aliphatic heterocycles. The van der Waals surface area contributed by atoms with Crippen LogP contribution in [0.4, 0.5) is 0 Å². The normalized spacial score (nSPS) is 19.2. The maximum absolute atomic E-state index is 12.5. The van der Waals surface area contributed by atoms with Crippen LogP contribution in [-0.2, 0) is 21.2 Å². The Balaban J connectivity index is 1.73. The fraction of sp³-hybridized carbons (Fsp3) is 0.467. The lowest BCUT2D eigenvalue weighted by Gasteiger charge is -2.32. The molecule has 1 aromatic carbocycles. The number of aromatic nitrogens is 2. The number of H-pyrrole nitrogens is 1. The summed E-state index contributed by atoms with van der Waals surface area (Å²) in [6, 6.07) is 7.61. The van der Waals surface area contributed by atoms with Gasteiger partial charge < -0.3 is 4.90 Å². The average Bonchev–Trinajstić information content (AvgIpc) is 2.98. The Bertz CT molecular complexity index is 815. The van der Waals surface area contributed by atoms with Crippen LogP contribution in [0.2, 0.25) is 0 Å². The molecule has 1 atom stereocenters. The fourth-order valence-corrected chi connectivity index (χ4v) is 4.18. The first-order chi connectivity index (χ1) is 11.0. The number of para-hydroxylation sites is 1. The van der Waals surface area contributed by atoms with E-state index in [1.54, 1.807) is 4.90 Å². The number of carbonyl (C=O) groups is 1. The second-order valence-electron chi connectivity index (χ2n) is 5.75. The SMILES string of the molecule is CNS(=O)(=O)C1CCCN(C(=O)Cc2[nH]nc3ccccc23)C1. The van der Waals surface area contributed by atoms with Crippen molar-refractivity contribution in [2.75, 3.05) is 20.1 Å². The van der Waals surface area contributed by atoms with Crippen LogP contribution >= 0.6 is 0 Å². The van der Waals surface area contributed by atoms with E-state index in [9.17, 15) is 13.2 Å². The number of benzene rings is 1. The Morgan fingerprint density at radius 1 is 1.43 bits per heavy atom. The van der Waals surface area contributed by atoms with E-state index in [0.29, 0.717) is 19.4 Å². The molecule has 7 nitrogen and oxygen atoms in total. The van der Waals surface area contributed by atoms with Crippen LogP contribution in [0.1, 0.15) is 18.5 Å². The average molecular weight is 336 g/mol. The van der Waals surface area contributed by atoms with Crippen LogP contribution in [0.25, 0.3) is 10.9 Å². The third kappa shape index (κ3) is 3.23. The molecule has 1 amide bonds. The van der Waals surface area contributed by atoms with Crippen LogP contribution in [0.5, 0.6) is 0 Å². The molecule has 0 saturated carbocycles. The predicted molar refractivity (Wildman–Crippen MR) is 87.4 cm³/mol. The van der Waals surface area contributed by atoms with E-state index in [-0.39, 0.29) is 18.9 Å². The highest BCUT2D eigenvalue weighted by atomic mass is 32.2. The van der Waals surface area contributed by atoms with E-state index in [2.05, 4.69) is 14.9 Å². The number of aromatic amines is 1. The molecule has 1 fully saturated rings. The molecule has 0 spiro atoms. The van der Waals surface area contributed by atoms with Gasteiger partial charge in [-0.1, -0.05) is 18.2 Å². The van der Waals surface area contributed by atoms with Gasteiger partial charge in [-0.2, -0.15) is 5.10 Å². The molecule has 0 radical (unpaired) electrons. The summed E-state index contributed by atoms with van der Waals surface area (Å²) < 4.78 is 26.3. The number of rotatable bonds is 4. The van der Waals surface area contributed by atoms with Crippen molar-refractivity contribution in [1.82, 2.24) is 19.8 Å². The topological polar surface area (TPSA) is 95.2 Å². The van der Waals surface area contributed by atoms with E-state index in [0.717, 1.165) is 16.6 Å². The molecular formula is C15H20N4O3S. The molecule has 2 aromatic rings. The number of sulfonamides is 1. The van der Waals surface area contributed by atoms with Gasteiger partial charge in [-0.3, -0.25) is 9.89 Å². The highest BCUT2D eigenvalue weighted by Crippen LogP contribution is 2.19. The monoisotopic (exact) mass is 336 g/mol. The molecule has 8 heteroatoms. The Morgan fingerprint density at radius 2 is 2.22 bits per heavy atom. The van der Waals surface area contributed by atoms with Crippen LogP contribution in [0.15, 0.2) is 24.3 Å². The summed E-state index contributed by atoms with van der Waals surface area (Å²) in [7, 11) is -1.94. The smallest absolute Gasteiger partial charge is 0.228 e. The minimum Gasteiger partial charge on any atom is -0.341 e. The highest BCUT2D eigenvalue weighted by molar-refractivity contribution is 7.90. The molecule has 1 aliphatic rings. The zero-order chi connectivity index (χ0) is 16.4. The number of amides is 1. The van der Waals surface area contributed by atoms with Crippen molar-refractivity contribution in [3.05, 3.63) is 30.0 Å². The lowest BCUT2D eigenvalue weighted by Crippen LogP contribution is -2.48. The van der Waals surface area contributed by atoms with Crippen molar-refractivity contribution in [1.29, 1.82) is 0 Å². The van der Waals surface area contributed by atoms with Gasteiger partial charge in [0, 0.05) is 18.5 Å². The van der Waals surface area contributed by atoms with Crippen LogP contribution in [0.3, 0.4) is 0 Å². The number of fused-ring (bicyclic) bond motifs is 1. The van der Waals surface area contributed by atoms with Crippen molar-refractivity contribution < 1.29 is 13.2 Å². The van der Waals surface area contributed by atoms with Crippen molar-refractivity contribution in [2.45, 2.75) is 24.5 Å². The molecule has 124 valence electrons. The third-order valence-corrected chi connectivity index (χ3v) is 6.15. The summed E-state index contributed by atoms with van der Waals surface area (Å²) in [6.45, 7) is 0.842. The lowest BCUT2D eigenvalue weighted by atomic mass is 10.1. The molecule has 1 saturated heterocycles. The molecule has 0 bridgehead atoms. The van der Waals surface area contributed by atoms with Crippen molar-refractivity contribution in [3.63, 3.8) is 0 Å². The Hall–Kier alpha value is -1.93. The molecule has 1 aromatic heterocycles. The number of nitrogens with one attached hydrogen (secondary N) is 2. The molecule has 0 aliphatic carbocycles. The number of piperidine rings is 1. The van der Waals surface area contributed by atoms with Gasteiger partial charge in [0.15, 0.2) is 0 Å². The van der Waals surface area contributed by atoms with Crippen molar-refractivity contribution in [2.24, 2.45) is 0 Å². The van der Waals surface area contributed by atoms with Gasteiger partial charge in [-0.05, 0) is 26.0 Å². The number of carbonyl (C=O) groups excluding carboxylic acids is 1. The maximum atomic E-state index is 12.5. The predicted octanol–water partition coefficient (Wildman–Crippen LogP) is 0.646. The van der Waals surface area contributed by atoms with Gasteiger partial charge in [-0.15, -0.1) is 0 Å². The van der Waals surface area contributed by atoms with Gasteiger partial charge >= 0.3 is 0 Å². The molecule has 1 unspecified atom stereocenters. The first-order valence-corrected chi connectivity index (χ1v) is 9.18. The standard InChI is InChI=1S/C15H20N4O3S/c1-16-23(21,22)11-5-4-8-19(10-11)15(20)9-14-12-6-2-3-7-13(12)17-18-14/h2-3,6-7,11,16H,4-5,8-10H2,1H3,(H,17,18). The van der Waals surface area contributed by atoms with Gasteiger partial charge in [0.1, 0.15) is 0 Å². The second-order valence-corrected chi connectivity index (χ2v) is 7.91.